The highest BCUT2D eigenvalue weighted by Crippen LogP contribution is 2.35. The lowest BCUT2D eigenvalue weighted by Gasteiger charge is -2.31. The van der Waals surface area contributed by atoms with Crippen molar-refractivity contribution in [2.45, 2.75) is 17.5 Å². The summed E-state index contributed by atoms with van der Waals surface area (Å²) in [7, 11) is 0. The zero-order valence-corrected chi connectivity index (χ0v) is 10.0. The highest BCUT2D eigenvalue weighted by molar-refractivity contribution is 9.12. The average Bonchev–Trinajstić information content (AvgIpc) is 1.99. The highest BCUT2D eigenvalue weighted by Gasteiger charge is 2.41. The van der Waals surface area contributed by atoms with E-state index in [1.165, 1.54) is 6.92 Å². The predicted molar refractivity (Wildman–Crippen MR) is 55.6 cm³/mol. The number of rotatable bonds is 1. The van der Waals surface area contributed by atoms with Gasteiger partial charge in [-0.15, -0.1) is 0 Å². The molecule has 2 atom stereocenters. The van der Waals surface area contributed by atoms with Crippen molar-refractivity contribution >= 4 is 37.8 Å². The van der Waals surface area contributed by atoms with Crippen LogP contribution in [0.1, 0.15) is 6.92 Å². The summed E-state index contributed by atoms with van der Waals surface area (Å²) >= 11 is 6.33. The summed E-state index contributed by atoms with van der Waals surface area (Å²) in [5, 5.41) is 9.92. The van der Waals surface area contributed by atoms with Gasteiger partial charge in [0.25, 0.3) is 5.79 Å². The lowest BCUT2D eigenvalue weighted by atomic mass is 10.1. The van der Waals surface area contributed by atoms with E-state index in [9.17, 15) is 9.90 Å². The summed E-state index contributed by atoms with van der Waals surface area (Å²) in [6.45, 7) is 1.25. The molecule has 1 N–H and O–H groups in total. The van der Waals surface area contributed by atoms with Crippen LogP contribution in [0.3, 0.4) is 0 Å². The van der Waals surface area contributed by atoms with Crippen molar-refractivity contribution < 1.29 is 14.6 Å². The fourth-order valence-corrected chi connectivity index (χ4v) is 2.25. The highest BCUT2D eigenvalue weighted by atomic mass is 79.9. The zero-order valence-electron chi connectivity index (χ0n) is 6.83. The summed E-state index contributed by atoms with van der Waals surface area (Å²) in [5.41, 5.74) is 0. The Kier molecular flexibility index (Phi) is 3.32. The zero-order chi connectivity index (χ0) is 10.1. The molecular weight excluding hydrogens is 304 g/mol. The molecular formula is C8H8Br2O3. The fraction of sp³-hybridized carbons (Fsp3) is 0.375. The summed E-state index contributed by atoms with van der Waals surface area (Å²) < 4.78 is 5.22. The minimum absolute atomic E-state index is 0.416. The van der Waals surface area contributed by atoms with E-state index in [-0.39, 0.29) is 0 Å². The molecule has 0 radical (unpaired) electrons. The number of esters is 1. The van der Waals surface area contributed by atoms with E-state index in [1.807, 2.05) is 0 Å². The minimum atomic E-state index is -1.62. The number of carbonyl (C=O) groups excluding carboxylic acids is 1. The minimum Gasteiger partial charge on any atom is -0.427 e. The summed E-state index contributed by atoms with van der Waals surface area (Å²) in [4.78, 5) is 10.3. The fourth-order valence-electron chi connectivity index (χ4n) is 0.943. The summed E-state index contributed by atoms with van der Waals surface area (Å²) in [5.74, 6) is -2.16. The number of ether oxygens (including phenoxy) is 1. The number of aliphatic hydroxyl groups is 1. The third-order valence-electron chi connectivity index (χ3n) is 1.54. The third-order valence-corrected chi connectivity index (χ3v) is 3.30. The van der Waals surface area contributed by atoms with Crippen LogP contribution in [-0.2, 0) is 9.53 Å². The second kappa shape index (κ2) is 3.94. The van der Waals surface area contributed by atoms with Gasteiger partial charge in [-0.05, 0) is 22.0 Å². The molecule has 0 heterocycles. The molecule has 0 aliphatic heterocycles. The molecule has 13 heavy (non-hydrogen) atoms. The molecule has 0 saturated heterocycles. The molecule has 0 aromatic rings. The van der Waals surface area contributed by atoms with Crippen molar-refractivity contribution in [3.8, 4) is 0 Å². The largest absolute Gasteiger partial charge is 0.427 e. The summed E-state index contributed by atoms with van der Waals surface area (Å²) in [6, 6.07) is 0. The third kappa shape index (κ3) is 2.21. The molecule has 1 rings (SSSR count). The first-order valence-corrected chi connectivity index (χ1v) is 5.28. The molecule has 5 heteroatoms. The van der Waals surface area contributed by atoms with Gasteiger partial charge < -0.3 is 9.84 Å². The van der Waals surface area contributed by atoms with E-state index in [4.69, 9.17) is 4.74 Å². The Morgan fingerprint density at radius 3 is 2.85 bits per heavy atom. The van der Waals surface area contributed by atoms with E-state index in [2.05, 4.69) is 31.9 Å². The normalized spacial score (nSPS) is 32.6. The molecule has 0 bridgehead atoms. The summed E-state index contributed by atoms with van der Waals surface area (Å²) in [6.07, 6.45) is 5.07. The number of carbonyl (C=O) groups is 1. The molecule has 0 amide bonds. The van der Waals surface area contributed by atoms with Crippen molar-refractivity contribution in [2.24, 2.45) is 0 Å². The number of alkyl halides is 1. The first-order chi connectivity index (χ1) is 5.97. The van der Waals surface area contributed by atoms with Gasteiger partial charge in [-0.2, -0.15) is 0 Å². The Morgan fingerprint density at radius 2 is 2.38 bits per heavy atom. The van der Waals surface area contributed by atoms with Gasteiger partial charge in [0.2, 0.25) is 0 Å². The predicted octanol–water partition coefficient (Wildman–Crippen LogP) is 1.85. The van der Waals surface area contributed by atoms with Crippen molar-refractivity contribution in [2.75, 3.05) is 0 Å². The number of allylic oxidation sites excluding steroid dienone is 2. The molecule has 0 unspecified atom stereocenters. The van der Waals surface area contributed by atoms with Crippen LogP contribution >= 0.6 is 31.9 Å². The maximum Gasteiger partial charge on any atom is 0.305 e. The van der Waals surface area contributed by atoms with Gasteiger partial charge in [0, 0.05) is 6.92 Å². The Balaban J connectivity index is 2.92. The van der Waals surface area contributed by atoms with Crippen LogP contribution in [0, 0.1) is 0 Å². The molecule has 0 spiro atoms. The quantitative estimate of drug-likeness (QED) is 0.457. The van der Waals surface area contributed by atoms with E-state index >= 15 is 0 Å². The van der Waals surface area contributed by atoms with Gasteiger partial charge in [-0.3, -0.25) is 4.79 Å². The lowest BCUT2D eigenvalue weighted by molar-refractivity contribution is -0.185. The van der Waals surface area contributed by atoms with E-state index < -0.39 is 16.6 Å². The molecule has 0 saturated carbocycles. The number of halogens is 2. The van der Waals surface area contributed by atoms with Gasteiger partial charge >= 0.3 is 5.97 Å². The molecule has 0 aromatic heterocycles. The van der Waals surface area contributed by atoms with E-state index in [1.54, 1.807) is 18.2 Å². The Morgan fingerprint density at radius 1 is 1.77 bits per heavy atom. The van der Waals surface area contributed by atoms with E-state index in [0.29, 0.717) is 4.48 Å². The number of hydrogen-bond acceptors (Lipinski definition) is 3. The van der Waals surface area contributed by atoms with Gasteiger partial charge in [0.1, 0.15) is 4.83 Å². The van der Waals surface area contributed by atoms with Crippen molar-refractivity contribution in [3.63, 3.8) is 0 Å². The van der Waals surface area contributed by atoms with Gasteiger partial charge in [0.05, 0.1) is 4.48 Å². The first-order valence-electron chi connectivity index (χ1n) is 3.57. The van der Waals surface area contributed by atoms with Crippen LogP contribution in [0.2, 0.25) is 0 Å². The number of hydrogen-bond donors (Lipinski definition) is 1. The molecule has 3 nitrogen and oxygen atoms in total. The standard InChI is InChI=1S/C8H8Br2O3/c1-5(11)13-8(12)6(9)3-2-4-7(8)10/h2-4,6,12H,1H3/t6-,8-/m0/s1. The molecule has 0 fully saturated rings. The van der Waals surface area contributed by atoms with Gasteiger partial charge in [-0.25, -0.2) is 0 Å². The maximum atomic E-state index is 10.7. The van der Waals surface area contributed by atoms with Gasteiger partial charge in [-0.1, -0.05) is 28.1 Å². The van der Waals surface area contributed by atoms with Crippen LogP contribution in [0.15, 0.2) is 22.7 Å². The van der Waals surface area contributed by atoms with E-state index in [0.717, 1.165) is 0 Å². The van der Waals surface area contributed by atoms with Crippen LogP contribution in [0.4, 0.5) is 0 Å². The smallest absolute Gasteiger partial charge is 0.305 e. The van der Waals surface area contributed by atoms with Crippen molar-refractivity contribution in [1.82, 2.24) is 0 Å². The van der Waals surface area contributed by atoms with Crippen molar-refractivity contribution in [1.29, 1.82) is 0 Å². The van der Waals surface area contributed by atoms with Crippen LogP contribution < -0.4 is 0 Å². The second-order valence-electron chi connectivity index (χ2n) is 2.59. The van der Waals surface area contributed by atoms with Crippen LogP contribution in [0.5, 0.6) is 0 Å². The first kappa shape index (κ1) is 10.9. The lowest BCUT2D eigenvalue weighted by Crippen LogP contribution is -2.43. The Bertz CT molecular complexity index is 285. The maximum absolute atomic E-state index is 10.7. The van der Waals surface area contributed by atoms with Crippen molar-refractivity contribution in [3.05, 3.63) is 22.7 Å². The molecule has 1 aliphatic rings. The average molecular weight is 312 g/mol. The topological polar surface area (TPSA) is 46.5 Å². The molecule has 72 valence electrons. The van der Waals surface area contributed by atoms with Crippen LogP contribution in [-0.4, -0.2) is 21.7 Å². The van der Waals surface area contributed by atoms with Gasteiger partial charge in [0.15, 0.2) is 0 Å². The Hall–Kier alpha value is -0.130. The molecule has 1 aliphatic carbocycles. The van der Waals surface area contributed by atoms with Crippen LogP contribution in [0.25, 0.3) is 0 Å². The second-order valence-corrected chi connectivity index (χ2v) is 4.43. The molecule has 0 aromatic carbocycles. The SMILES string of the molecule is CC(=O)O[C@]1(O)C(Br)=CC=C[C@@H]1Br. The Labute approximate surface area is 92.7 Å². The monoisotopic (exact) mass is 310 g/mol.